The summed E-state index contributed by atoms with van der Waals surface area (Å²) in [5.74, 6) is 0.197. The summed E-state index contributed by atoms with van der Waals surface area (Å²) in [6.45, 7) is 1.61. The molecule has 1 aromatic rings. The van der Waals surface area contributed by atoms with Crippen molar-refractivity contribution in [2.24, 2.45) is 5.10 Å². The normalized spacial score (nSPS) is 11.3. The van der Waals surface area contributed by atoms with Gasteiger partial charge in [-0.2, -0.15) is 5.10 Å². The minimum Gasteiger partial charge on any atom is -0.303 e. The van der Waals surface area contributed by atoms with E-state index in [1.54, 1.807) is 11.9 Å². The smallest absolute Gasteiger partial charge is 0.130 e. The van der Waals surface area contributed by atoms with Crippen LogP contribution in [0.1, 0.15) is 25.3 Å². The molecule has 0 unspecified atom stereocenters. The van der Waals surface area contributed by atoms with E-state index in [0.717, 1.165) is 11.3 Å². The fourth-order valence-electron chi connectivity index (χ4n) is 1.42. The van der Waals surface area contributed by atoms with Crippen LogP contribution in [0.3, 0.4) is 0 Å². The van der Waals surface area contributed by atoms with Gasteiger partial charge < -0.3 is 9.80 Å². The highest BCUT2D eigenvalue weighted by Crippen LogP contribution is 2.07. The number of benzene rings is 1. The zero-order chi connectivity index (χ0) is 12.0. The molecule has 0 aliphatic heterocycles. The summed E-state index contributed by atoms with van der Waals surface area (Å²) in [6.07, 6.45) is 1.24. The molecule has 0 heterocycles. The Kier molecular flexibility index (Phi) is 4.70. The van der Waals surface area contributed by atoms with Crippen LogP contribution in [0, 0.1) is 0 Å². The molecule has 86 valence electrons. The summed E-state index contributed by atoms with van der Waals surface area (Å²) < 4.78 is 0. The molecule has 16 heavy (non-hydrogen) atoms. The van der Waals surface area contributed by atoms with Crippen molar-refractivity contribution in [3.63, 3.8) is 0 Å². The summed E-state index contributed by atoms with van der Waals surface area (Å²) in [6, 6.07) is 9.97. The standard InChI is InChI=1S/C13H18N2O/c1-11(16)9-10-13(14-15(2)3)12-7-5-4-6-8-12/h4-8H,9-10H2,1-3H3/b14-13-. The van der Waals surface area contributed by atoms with E-state index >= 15 is 0 Å². The van der Waals surface area contributed by atoms with Crippen molar-refractivity contribution in [1.82, 2.24) is 5.01 Å². The topological polar surface area (TPSA) is 32.7 Å². The number of Topliss-reactive ketones (excluding diaryl/α,β-unsaturated/α-hetero) is 1. The molecule has 0 aliphatic carbocycles. The Labute approximate surface area is 96.8 Å². The molecule has 0 N–H and O–H groups in total. The summed E-state index contributed by atoms with van der Waals surface area (Å²) in [7, 11) is 3.77. The maximum Gasteiger partial charge on any atom is 0.130 e. The maximum atomic E-state index is 11.0. The summed E-state index contributed by atoms with van der Waals surface area (Å²) in [5.41, 5.74) is 2.04. The van der Waals surface area contributed by atoms with Crippen molar-refractivity contribution in [1.29, 1.82) is 0 Å². The van der Waals surface area contributed by atoms with Gasteiger partial charge in [0.15, 0.2) is 0 Å². The van der Waals surface area contributed by atoms with Crippen LogP contribution in [0.4, 0.5) is 0 Å². The van der Waals surface area contributed by atoms with E-state index in [4.69, 9.17) is 0 Å². The Morgan fingerprint density at radius 2 is 1.81 bits per heavy atom. The van der Waals surface area contributed by atoms with Crippen LogP contribution in [0.2, 0.25) is 0 Å². The van der Waals surface area contributed by atoms with Gasteiger partial charge in [0.05, 0.1) is 5.71 Å². The lowest BCUT2D eigenvalue weighted by atomic mass is 10.0. The van der Waals surface area contributed by atoms with E-state index in [0.29, 0.717) is 12.8 Å². The molecule has 0 spiro atoms. The van der Waals surface area contributed by atoms with Gasteiger partial charge in [0.2, 0.25) is 0 Å². The molecule has 0 aromatic heterocycles. The molecule has 0 atom stereocenters. The molecule has 0 amide bonds. The highest BCUT2D eigenvalue weighted by atomic mass is 16.1. The fraction of sp³-hybridized carbons (Fsp3) is 0.385. The fourth-order valence-corrected chi connectivity index (χ4v) is 1.42. The second kappa shape index (κ2) is 6.05. The number of ketones is 1. The van der Waals surface area contributed by atoms with Crippen LogP contribution in [-0.2, 0) is 4.79 Å². The molecule has 1 aromatic carbocycles. The minimum atomic E-state index is 0.197. The number of carbonyl (C=O) groups excluding carboxylic acids is 1. The third-order valence-electron chi connectivity index (χ3n) is 2.14. The number of rotatable bonds is 5. The Hall–Kier alpha value is -1.64. The van der Waals surface area contributed by atoms with Crippen LogP contribution in [0.15, 0.2) is 35.4 Å². The van der Waals surface area contributed by atoms with E-state index in [2.05, 4.69) is 5.10 Å². The summed E-state index contributed by atoms with van der Waals surface area (Å²) >= 11 is 0. The van der Waals surface area contributed by atoms with Crippen molar-refractivity contribution >= 4 is 11.5 Å². The summed E-state index contributed by atoms with van der Waals surface area (Å²) in [5, 5.41) is 6.18. The number of hydrazone groups is 1. The van der Waals surface area contributed by atoms with Gasteiger partial charge in [-0.3, -0.25) is 0 Å². The molecule has 0 saturated heterocycles. The van der Waals surface area contributed by atoms with Crippen LogP contribution in [0.5, 0.6) is 0 Å². The predicted octanol–water partition coefficient (Wildman–Crippen LogP) is 2.32. The van der Waals surface area contributed by atoms with Crippen molar-refractivity contribution in [3.8, 4) is 0 Å². The van der Waals surface area contributed by atoms with E-state index in [1.807, 2.05) is 44.4 Å². The molecule has 3 nitrogen and oxygen atoms in total. The SMILES string of the molecule is CC(=O)CC/C(=N/N(C)C)c1ccccc1. The lowest BCUT2D eigenvalue weighted by molar-refractivity contribution is -0.116. The number of hydrogen-bond donors (Lipinski definition) is 0. The molecular formula is C13H18N2O. The molecule has 0 radical (unpaired) electrons. The largest absolute Gasteiger partial charge is 0.303 e. The number of carbonyl (C=O) groups is 1. The average molecular weight is 218 g/mol. The quantitative estimate of drug-likeness (QED) is 0.561. The lowest BCUT2D eigenvalue weighted by Gasteiger charge is -2.10. The van der Waals surface area contributed by atoms with Crippen molar-refractivity contribution in [2.75, 3.05) is 14.1 Å². The first kappa shape index (κ1) is 12.4. The monoisotopic (exact) mass is 218 g/mol. The third kappa shape index (κ3) is 4.26. The highest BCUT2D eigenvalue weighted by Gasteiger charge is 2.05. The molecule has 3 heteroatoms. The van der Waals surface area contributed by atoms with Gasteiger partial charge in [-0.1, -0.05) is 30.3 Å². The minimum absolute atomic E-state index is 0.197. The Morgan fingerprint density at radius 3 is 2.31 bits per heavy atom. The Balaban J connectivity index is 2.84. The second-order valence-corrected chi connectivity index (χ2v) is 3.96. The Bertz CT molecular complexity index is 369. The van der Waals surface area contributed by atoms with Gasteiger partial charge in [-0.25, -0.2) is 0 Å². The van der Waals surface area contributed by atoms with Gasteiger partial charge in [0, 0.05) is 20.5 Å². The van der Waals surface area contributed by atoms with Crippen molar-refractivity contribution in [3.05, 3.63) is 35.9 Å². The zero-order valence-corrected chi connectivity index (χ0v) is 10.1. The van der Waals surface area contributed by atoms with Gasteiger partial charge >= 0.3 is 0 Å². The van der Waals surface area contributed by atoms with Gasteiger partial charge in [-0.05, 0) is 18.9 Å². The van der Waals surface area contributed by atoms with Gasteiger partial charge in [-0.15, -0.1) is 0 Å². The molecular weight excluding hydrogens is 200 g/mol. The zero-order valence-electron chi connectivity index (χ0n) is 10.1. The van der Waals surface area contributed by atoms with Crippen molar-refractivity contribution < 1.29 is 4.79 Å². The highest BCUT2D eigenvalue weighted by molar-refractivity contribution is 6.01. The molecule has 0 bridgehead atoms. The van der Waals surface area contributed by atoms with E-state index in [-0.39, 0.29) is 5.78 Å². The lowest BCUT2D eigenvalue weighted by Crippen LogP contribution is -2.11. The van der Waals surface area contributed by atoms with Crippen LogP contribution < -0.4 is 0 Å². The first-order valence-corrected chi connectivity index (χ1v) is 5.39. The van der Waals surface area contributed by atoms with E-state index < -0.39 is 0 Å². The number of hydrogen-bond acceptors (Lipinski definition) is 3. The van der Waals surface area contributed by atoms with Crippen LogP contribution in [0.25, 0.3) is 0 Å². The van der Waals surface area contributed by atoms with Crippen LogP contribution >= 0.6 is 0 Å². The second-order valence-electron chi connectivity index (χ2n) is 3.96. The Morgan fingerprint density at radius 1 is 1.19 bits per heavy atom. The van der Waals surface area contributed by atoms with Crippen molar-refractivity contribution in [2.45, 2.75) is 19.8 Å². The van der Waals surface area contributed by atoms with Gasteiger partial charge in [0.1, 0.15) is 5.78 Å². The van der Waals surface area contributed by atoms with Crippen LogP contribution in [-0.4, -0.2) is 30.6 Å². The summed E-state index contributed by atoms with van der Waals surface area (Å²) in [4.78, 5) is 11.0. The molecule has 0 fully saturated rings. The maximum absolute atomic E-state index is 11.0. The molecule has 0 saturated carbocycles. The number of nitrogens with zero attached hydrogens (tertiary/aromatic N) is 2. The van der Waals surface area contributed by atoms with Gasteiger partial charge in [0.25, 0.3) is 0 Å². The van der Waals surface area contributed by atoms with E-state index in [1.165, 1.54) is 0 Å². The third-order valence-corrected chi connectivity index (χ3v) is 2.14. The van der Waals surface area contributed by atoms with E-state index in [9.17, 15) is 4.79 Å². The molecule has 0 aliphatic rings. The predicted molar refractivity (Wildman–Crippen MR) is 66.6 cm³/mol. The average Bonchev–Trinajstić information content (AvgIpc) is 2.25. The molecule has 1 rings (SSSR count). The first-order chi connectivity index (χ1) is 7.59. The first-order valence-electron chi connectivity index (χ1n) is 5.39.